The lowest BCUT2D eigenvalue weighted by molar-refractivity contribution is 0.282. The summed E-state index contributed by atoms with van der Waals surface area (Å²) in [5, 5.41) is 9.33. The van der Waals surface area contributed by atoms with Crippen LogP contribution in [0.2, 0.25) is 5.02 Å². The van der Waals surface area contributed by atoms with Crippen LogP contribution in [0.4, 0.5) is 0 Å². The molecule has 0 heterocycles. The van der Waals surface area contributed by atoms with E-state index in [-0.39, 0.29) is 6.61 Å². The van der Waals surface area contributed by atoms with Crippen LogP contribution >= 0.6 is 27.5 Å². The number of rotatable bonds is 1. The van der Waals surface area contributed by atoms with Gasteiger partial charge in [0.15, 0.2) is 0 Å². The quantitative estimate of drug-likeness (QED) is 0.773. The maximum Gasteiger partial charge on any atom is 0.0696 e. The number of hydrogen-bond acceptors (Lipinski definition) is 1. The van der Waals surface area contributed by atoms with Gasteiger partial charge in [-0.3, -0.25) is 0 Å². The summed E-state index contributed by atoms with van der Waals surface area (Å²) in [6.07, 6.45) is 0. The fourth-order valence-corrected chi connectivity index (χ4v) is 1.26. The summed E-state index contributed by atoms with van der Waals surface area (Å²) < 4.78 is 0.820. The Bertz CT molecular complexity index is 237. The minimum Gasteiger partial charge on any atom is -0.392 e. The molecule has 1 N–H and O–H groups in total. The largest absolute Gasteiger partial charge is 0.392 e. The summed E-state index contributed by atoms with van der Waals surface area (Å²) >= 11 is 9.03. The van der Waals surface area contributed by atoms with Crippen molar-refractivity contribution in [1.82, 2.24) is 0 Å². The van der Waals surface area contributed by atoms with Gasteiger partial charge in [-0.15, -0.1) is 0 Å². The van der Waals surface area contributed by atoms with Crippen molar-refractivity contribution < 1.29 is 5.11 Å². The molecule has 0 radical (unpaired) electrons. The van der Waals surface area contributed by atoms with Crippen molar-refractivity contribution in [3.8, 4) is 0 Å². The molecule has 0 aliphatic rings. The summed E-state index contributed by atoms with van der Waals surface area (Å²) in [6, 6.07) is 5.45. The Morgan fingerprint density at radius 3 is 2.70 bits per heavy atom. The van der Waals surface area contributed by atoms with E-state index in [1.54, 1.807) is 6.07 Å². The first kappa shape index (κ1) is 8.05. The van der Waals surface area contributed by atoms with E-state index >= 15 is 0 Å². The third kappa shape index (κ3) is 1.51. The van der Waals surface area contributed by atoms with Crippen molar-refractivity contribution in [1.29, 1.82) is 0 Å². The molecular weight excluding hydrogens is 215 g/mol. The van der Waals surface area contributed by atoms with Crippen molar-refractivity contribution >= 4 is 27.5 Å². The molecule has 1 nitrogen and oxygen atoms in total. The molecule has 0 aliphatic heterocycles. The van der Waals surface area contributed by atoms with Crippen molar-refractivity contribution in [3.05, 3.63) is 33.3 Å². The zero-order chi connectivity index (χ0) is 7.56. The molecular formula is C7H6BrClO. The predicted molar refractivity (Wildman–Crippen MR) is 45.1 cm³/mol. The molecule has 0 unspecified atom stereocenters. The van der Waals surface area contributed by atoms with E-state index in [0.29, 0.717) is 5.02 Å². The third-order valence-electron chi connectivity index (χ3n) is 1.20. The molecule has 54 valence electrons. The van der Waals surface area contributed by atoms with Crippen molar-refractivity contribution in [2.45, 2.75) is 6.61 Å². The molecule has 0 amide bonds. The fraction of sp³-hybridized carbons (Fsp3) is 0.143. The smallest absolute Gasteiger partial charge is 0.0696 e. The molecule has 3 heteroatoms. The van der Waals surface area contributed by atoms with Crippen LogP contribution in [0.25, 0.3) is 0 Å². The van der Waals surface area contributed by atoms with E-state index in [1.807, 2.05) is 12.1 Å². The topological polar surface area (TPSA) is 20.2 Å². The Hall–Kier alpha value is -0.0500. The lowest BCUT2D eigenvalue weighted by Crippen LogP contribution is -1.83. The van der Waals surface area contributed by atoms with Gasteiger partial charge >= 0.3 is 0 Å². The first-order valence-corrected chi connectivity index (χ1v) is 3.96. The number of hydrogen-bond donors (Lipinski definition) is 1. The zero-order valence-electron chi connectivity index (χ0n) is 5.14. The van der Waals surface area contributed by atoms with Crippen LogP contribution in [0.3, 0.4) is 0 Å². The molecule has 1 aromatic carbocycles. The van der Waals surface area contributed by atoms with E-state index in [4.69, 9.17) is 16.7 Å². The Morgan fingerprint density at radius 2 is 2.20 bits per heavy atom. The Labute approximate surface area is 72.8 Å². The number of aliphatic hydroxyl groups excluding tert-OH is 1. The highest BCUT2D eigenvalue weighted by molar-refractivity contribution is 9.10. The number of benzene rings is 1. The lowest BCUT2D eigenvalue weighted by Gasteiger charge is -2.00. The standard InChI is InChI=1S/C7H6BrClO/c8-6-3-1-2-5(4-10)7(6)9/h1-3,10H,4H2. The third-order valence-corrected chi connectivity index (χ3v) is 2.54. The molecule has 0 aromatic heterocycles. The summed E-state index contributed by atoms with van der Waals surface area (Å²) in [5.74, 6) is 0. The van der Waals surface area contributed by atoms with Gasteiger partial charge in [-0.25, -0.2) is 0 Å². The van der Waals surface area contributed by atoms with Gasteiger partial charge in [-0.2, -0.15) is 0 Å². The average molecular weight is 221 g/mol. The predicted octanol–water partition coefficient (Wildman–Crippen LogP) is 2.59. The van der Waals surface area contributed by atoms with Crippen LogP contribution in [0.5, 0.6) is 0 Å². The van der Waals surface area contributed by atoms with E-state index in [2.05, 4.69) is 15.9 Å². The van der Waals surface area contributed by atoms with E-state index < -0.39 is 0 Å². The Morgan fingerprint density at radius 1 is 1.50 bits per heavy atom. The van der Waals surface area contributed by atoms with Crippen LogP contribution < -0.4 is 0 Å². The zero-order valence-corrected chi connectivity index (χ0v) is 7.48. The molecule has 10 heavy (non-hydrogen) atoms. The van der Waals surface area contributed by atoms with E-state index in [1.165, 1.54) is 0 Å². The van der Waals surface area contributed by atoms with Gasteiger partial charge in [-0.05, 0) is 27.6 Å². The maximum atomic E-state index is 8.74. The monoisotopic (exact) mass is 220 g/mol. The number of halogens is 2. The molecule has 0 saturated heterocycles. The van der Waals surface area contributed by atoms with Crippen molar-refractivity contribution in [2.24, 2.45) is 0 Å². The molecule has 1 aromatic rings. The first-order valence-electron chi connectivity index (χ1n) is 2.79. The minimum absolute atomic E-state index is 0.0156. The normalized spacial score (nSPS) is 9.90. The van der Waals surface area contributed by atoms with Gasteiger partial charge in [0.25, 0.3) is 0 Å². The van der Waals surface area contributed by atoms with Crippen LogP contribution in [0.1, 0.15) is 5.56 Å². The van der Waals surface area contributed by atoms with Gasteiger partial charge in [0.2, 0.25) is 0 Å². The molecule has 0 spiro atoms. The first-order chi connectivity index (χ1) is 4.75. The van der Waals surface area contributed by atoms with Gasteiger partial charge in [0.05, 0.1) is 11.6 Å². The molecule has 0 bridgehead atoms. The van der Waals surface area contributed by atoms with Crippen molar-refractivity contribution in [2.75, 3.05) is 0 Å². The number of aliphatic hydroxyl groups is 1. The highest BCUT2D eigenvalue weighted by Crippen LogP contribution is 2.25. The van der Waals surface area contributed by atoms with Gasteiger partial charge in [-0.1, -0.05) is 23.7 Å². The van der Waals surface area contributed by atoms with E-state index in [0.717, 1.165) is 10.0 Å². The lowest BCUT2D eigenvalue weighted by atomic mass is 10.2. The second-order valence-corrected chi connectivity index (χ2v) is 3.10. The molecule has 0 saturated carbocycles. The van der Waals surface area contributed by atoms with Crippen LogP contribution in [0.15, 0.2) is 22.7 Å². The Kier molecular flexibility index (Phi) is 2.72. The summed E-state index contributed by atoms with van der Waals surface area (Å²) in [4.78, 5) is 0. The van der Waals surface area contributed by atoms with Gasteiger partial charge < -0.3 is 5.11 Å². The average Bonchev–Trinajstić information content (AvgIpc) is 1.95. The highest BCUT2D eigenvalue weighted by Gasteiger charge is 2.00. The van der Waals surface area contributed by atoms with Crippen LogP contribution in [-0.4, -0.2) is 5.11 Å². The molecule has 0 fully saturated rings. The van der Waals surface area contributed by atoms with Crippen LogP contribution in [-0.2, 0) is 6.61 Å². The van der Waals surface area contributed by atoms with Crippen LogP contribution in [0, 0.1) is 0 Å². The maximum absolute atomic E-state index is 8.74. The molecule has 0 atom stereocenters. The van der Waals surface area contributed by atoms with E-state index in [9.17, 15) is 0 Å². The van der Waals surface area contributed by atoms with Gasteiger partial charge in [0, 0.05) is 4.47 Å². The van der Waals surface area contributed by atoms with Crippen molar-refractivity contribution in [3.63, 3.8) is 0 Å². The summed E-state index contributed by atoms with van der Waals surface area (Å²) in [6.45, 7) is -0.0156. The summed E-state index contributed by atoms with van der Waals surface area (Å²) in [5.41, 5.74) is 0.746. The highest BCUT2D eigenvalue weighted by atomic mass is 79.9. The van der Waals surface area contributed by atoms with Gasteiger partial charge in [0.1, 0.15) is 0 Å². The minimum atomic E-state index is -0.0156. The fourth-order valence-electron chi connectivity index (χ4n) is 0.671. The second-order valence-electron chi connectivity index (χ2n) is 1.87. The SMILES string of the molecule is OCc1cccc(Br)c1Cl. The second kappa shape index (κ2) is 3.37. The molecule has 1 rings (SSSR count). The Balaban J connectivity index is 3.14. The molecule has 0 aliphatic carbocycles. The summed E-state index contributed by atoms with van der Waals surface area (Å²) in [7, 11) is 0.